The lowest BCUT2D eigenvalue weighted by atomic mass is 9.95. The van der Waals surface area contributed by atoms with Gasteiger partial charge in [0.25, 0.3) is 0 Å². The molecule has 0 aromatic heterocycles. The highest BCUT2D eigenvalue weighted by atomic mass is 16.5. The van der Waals surface area contributed by atoms with E-state index in [1.807, 2.05) is 0 Å². The highest BCUT2D eigenvalue weighted by Gasteiger charge is 2.24. The summed E-state index contributed by atoms with van der Waals surface area (Å²) in [5.41, 5.74) is 0. The van der Waals surface area contributed by atoms with E-state index < -0.39 is 0 Å². The number of hydrogen-bond donors (Lipinski definition) is 0. The van der Waals surface area contributed by atoms with Crippen molar-refractivity contribution in [2.24, 2.45) is 23.7 Å². The number of nitrogens with zero attached hydrogens (tertiary/aromatic N) is 2. The summed E-state index contributed by atoms with van der Waals surface area (Å²) in [5, 5.41) is 0. The standard InChI is InChI=1S/C36H72N2O3/c1-9-17-21-31(13-5)25-37(26-32(14-6)22-18-10-2)35(39)29-41-30-36(40)38(27-33(15-7)23-19-11-3)28-34(16-8)24-20-12-4/h31-34H,9-30H2,1-8H3/t31-,32-,33-,34+/m1/s1. The molecule has 244 valence electrons. The third kappa shape index (κ3) is 18.9. The van der Waals surface area contributed by atoms with E-state index in [0.717, 1.165) is 51.9 Å². The highest BCUT2D eigenvalue weighted by Crippen LogP contribution is 2.21. The van der Waals surface area contributed by atoms with Crippen LogP contribution in [0, 0.1) is 23.7 Å². The summed E-state index contributed by atoms with van der Waals surface area (Å²) in [4.78, 5) is 31.2. The molecule has 0 aliphatic rings. The zero-order valence-corrected chi connectivity index (χ0v) is 29.0. The number of carbonyl (C=O) groups excluding carboxylic acids is 2. The Labute approximate surface area is 256 Å². The second-order valence-electron chi connectivity index (χ2n) is 12.8. The molecular formula is C36H72N2O3. The van der Waals surface area contributed by atoms with Gasteiger partial charge < -0.3 is 14.5 Å². The summed E-state index contributed by atoms with van der Waals surface area (Å²) in [6, 6.07) is 0. The molecule has 0 N–H and O–H groups in total. The maximum absolute atomic E-state index is 13.5. The van der Waals surface area contributed by atoms with Crippen molar-refractivity contribution in [3.63, 3.8) is 0 Å². The molecule has 2 amide bonds. The predicted octanol–water partition coefficient (Wildman–Crippen LogP) is 9.53. The van der Waals surface area contributed by atoms with E-state index in [-0.39, 0.29) is 25.0 Å². The van der Waals surface area contributed by atoms with Crippen molar-refractivity contribution in [3.05, 3.63) is 0 Å². The van der Waals surface area contributed by atoms with E-state index in [0.29, 0.717) is 23.7 Å². The van der Waals surface area contributed by atoms with Crippen LogP contribution in [-0.4, -0.2) is 61.0 Å². The lowest BCUT2D eigenvalue weighted by molar-refractivity contribution is -0.143. The number of rotatable bonds is 28. The van der Waals surface area contributed by atoms with Gasteiger partial charge in [-0.15, -0.1) is 0 Å². The SMILES string of the molecule is CCCC[C@@H](CC)CN(C[C@H](CC)CCCC)C(=O)COCC(=O)N(C[C@H](CC)CCCC)C[C@@H](CC)CCCC. The van der Waals surface area contributed by atoms with Gasteiger partial charge in [-0.3, -0.25) is 9.59 Å². The molecule has 0 heterocycles. The maximum atomic E-state index is 13.5. The molecule has 0 radical (unpaired) electrons. The highest BCUT2D eigenvalue weighted by molar-refractivity contribution is 5.79. The Bertz CT molecular complexity index is 538. The van der Waals surface area contributed by atoms with Crippen molar-refractivity contribution < 1.29 is 14.3 Å². The molecule has 41 heavy (non-hydrogen) atoms. The van der Waals surface area contributed by atoms with Crippen molar-refractivity contribution in [1.29, 1.82) is 0 Å². The van der Waals surface area contributed by atoms with E-state index in [1.165, 1.54) is 77.0 Å². The van der Waals surface area contributed by atoms with Crippen molar-refractivity contribution in [2.45, 2.75) is 158 Å². The Balaban J connectivity index is 5.42. The quantitative estimate of drug-likeness (QED) is 0.0926. The minimum absolute atomic E-state index is 0.00802. The Morgan fingerprint density at radius 2 is 0.707 bits per heavy atom. The van der Waals surface area contributed by atoms with Crippen molar-refractivity contribution in [1.82, 2.24) is 9.80 Å². The van der Waals surface area contributed by atoms with Crippen LogP contribution in [0.25, 0.3) is 0 Å². The Kier molecular flexibility index (Phi) is 25.8. The summed E-state index contributed by atoms with van der Waals surface area (Å²) in [6.07, 6.45) is 18.7. The molecule has 0 rings (SSSR count). The van der Waals surface area contributed by atoms with E-state index in [2.05, 4.69) is 65.2 Å². The molecule has 0 spiro atoms. The molecule has 0 aliphatic heterocycles. The first-order valence-electron chi connectivity index (χ1n) is 18.0. The first-order valence-corrected chi connectivity index (χ1v) is 18.0. The van der Waals surface area contributed by atoms with Gasteiger partial charge in [0.15, 0.2) is 0 Å². The number of unbranched alkanes of at least 4 members (excludes halogenated alkanes) is 4. The summed E-state index contributed by atoms with van der Waals surface area (Å²) >= 11 is 0. The van der Waals surface area contributed by atoms with Gasteiger partial charge in [0.1, 0.15) is 13.2 Å². The predicted molar refractivity (Wildman–Crippen MR) is 177 cm³/mol. The van der Waals surface area contributed by atoms with Crippen molar-refractivity contribution in [3.8, 4) is 0 Å². The summed E-state index contributed by atoms with van der Waals surface area (Å²) in [5.74, 6) is 2.23. The average molecular weight is 581 g/mol. The van der Waals surface area contributed by atoms with Gasteiger partial charge >= 0.3 is 0 Å². The zero-order chi connectivity index (χ0) is 30.9. The Hall–Kier alpha value is -1.10. The third-order valence-electron chi connectivity index (χ3n) is 9.24. The van der Waals surface area contributed by atoms with Gasteiger partial charge in [0.05, 0.1) is 0 Å². The Morgan fingerprint density at radius 3 is 0.902 bits per heavy atom. The topological polar surface area (TPSA) is 49.9 Å². The maximum Gasteiger partial charge on any atom is 0.248 e. The minimum Gasteiger partial charge on any atom is -0.362 e. The molecule has 0 aliphatic carbocycles. The second-order valence-corrected chi connectivity index (χ2v) is 12.8. The molecule has 0 aromatic rings. The van der Waals surface area contributed by atoms with Crippen LogP contribution >= 0.6 is 0 Å². The number of hydrogen-bond acceptors (Lipinski definition) is 3. The lowest BCUT2D eigenvalue weighted by Crippen LogP contribution is -2.43. The second kappa shape index (κ2) is 26.5. The molecule has 0 unspecified atom stereocenters. The van der Waals surface area contributed by atoms with Crippen LogP contribution in [0.3, 0.4) is 0 Å². The van der Waals surface area contributed by atoms with Crippen LogP contribution in [0.4, 0.5) is 0 Å². The minimum atomic E-state index is 0.00802. The largest absolute Gasteiger partial charge is 0.362 e. The van der Waals surface area contributed by atoms with Crippen LogP contribution in [0.5, 0.6) is 0 Å². The molecular weight excluding hydrogens is 508 g/mol. The molecule has 5 heteroatoms. The lowest BCUT2D eigenvalue weighted by Gasteiger charge is -2.32. The van der Waals surface area contributed by atoms with Crippen LogP contribution in [0.1, 0.15) is 158 Å². The Morgan fingerprint density at radius 1 is 0.463 bits per heavy atom. The van der Waals surface area contributed by atoms with Gasteiger partial charge in [-0.1, -0.05) is 132 Å². The fourth-order valence-corrected chi connectivity index (χ4v) is 5.88. The first kappa shape index (κ1) is 39.9. The molecule has 0 saturated carbocycles. The number of ether oxygens (including phenoxy) is 1. The van der Waals surface area contributed by atoms with Gasteiger partial charge in [-0.25, -0.2) is 0 Å². The van der Waals surface area contributed by atoms with Gasteiger partial charge in [-0.05, 0) is 49.4 Å². The summed E-state index contributed by atoms with van der Waals surface area (Å²) < 4.78 is 5.92. The third-order valence-corrected chi connectivity index (χ3v) is 9.24. The average Bonchev–Trinajstić information content (AvgIpc) is 2.99. The van der Waals surface area contributed by atoms with Crippen molar-refractivity contribution >= 4 is 11.8 Å². The van der Waals surface area contributed by atoms with Crippen LogP contribution < -0.4 is 0 Å². The monoisotopic (exact) mass is 581 g/mol. The molecule has 0 fully saturated rings. The van der Waals surface area contributed by atoms with E-state index in [1.54, 1.807) is 0 Å². The molecule has 5 nitrogen and oxygen atoms in total. The summed E-state index contributed by atoms with van der Waals surface area (Å²) in [7, 11) is 0. The van der Waals surface area contributed by atoms with E-state index >= 15 is 0 Å². The van der Waals surface area contributed by atoms with Crippen LogP contribution in [-0.2, 0) is 14.3 Å². The molecule has 4 atom stereocenters. The first-order chi connectivity index (χ1) is 19.8. The van der Waals surface area contributed by atoms with Gasteiger partial charge in [-0.2, -0.15) is 0 Å². The zero-order valence-electron chi connectivity index (χ0n) is 29.0. The molecule has 0 aromatic carbocycles. The van der Waals surface area contributed by atoms with E-state index in [9.17, 15) is 9.59 Å². The number of carbonyl (C=O) groups is 2. The van der Waals surface area contributed by atoms with Gasteiger partial charge in [0, 0.05) is 26.2 Å². The van der Waals surface area contributed by atoms with Crippen LogP contribution in [0.15, 0.2) is 0 Å². The van der Waals surface area contributed by atoms with E-state index in [4.69, 9.17) is 4.74 Å². The molecule has 0 bridgehead atoms. The number of amides is 2. The fourth-order valence-electron chi connectivity index (χ4n) is 5.88. The smallest absolute Gasteiger partial charge is 0.248 e. The molecule has 0 saturated heterocycles. The normalized spacial score (nSPS) is 14.4. The fraction of sp³-hybridized carbons (Fsp3) is 0.944. The summed E-state index contributed by atoms with van der Waals surface area (Å²) in [6.45, 7) is 21.2. The van der Waals surface area contributed by atoms with Gasteiger partial charge in [0.2, 0.25) is 11.8 Å². The van der Waals surface area contributed by atoms with Crippen LogP contribution in [0.2, 0.25) is 0 Å². The van der Waals surface area contributed by atoms with Crippen molar-refractivity contribution in [2.75, 3.05) is 39.4 Å².